The van der Waals surface area contributed by atoms with Gasteiger partial charge in [-0.3, -0.25) is 0 Å². The zero-order chi connectivity index (χ0) is 19.5. The first-order valence-electron chi connectivity index (χ1n) is 8.85. The molecule has 28 heavy (non-hydrogen) atoms. The van der Waals surface area contributed by atoms with E-state index in [-0.39, 0.29) is 5.65 Å². The van der Waals surface area contributed by atoms with Crippen LogP contribution in [-0.4, -0.2) is 19.9 Å². The molecule has 4 aromatic rings. The molecule has 0 bridgehead atoms. The van der Waals surface area contributed by atoms with Crippen LogP contribution in [0.3, 0.4) is 0 Å². The summed E-state index contributed by atoms with van der Waals surface area (Å²) in [5.74, 6) is 0.389. The van der Waals surface area contributed by atoms with Crippen LogP contribution >= 0.6 is 0 Å². The van der Waals surface area contributed by atoms with Crippen LogP contribution in [0.1, 0.15) is 11.1 Å². The zero-order valence-corrected chi connectivity index (χ0v) is 15.0. The Morgan fingerprint density at radius 2 is 1.61 bits per heavy atom. The van der Waals surface area contributed by atoms with Crippen LogP contribution in [0.5, 0.6) is 0 Å². The van der Waals surface area contributed by atoms with E-state index in [0.717, 1.165) is 22.3 Å². The molecule has 0 aliphatic rings. The lowest BCUT2D eigenvalue weighted by Crippen LogP contribution is -2.23. The normalized spacial score (nSPS) is 10.9. The molecule has 0 amide bonds. The Bertz CT molecular complexity index is 1170. The summed E-state index contributed by atoms with van der Waals surface area (Å²) in [6.45, 7) is 1.02. The van der Waals surface area contributed by atoms with Crippen molar-refractivity contribution in [1.82, 2.24) is 14.7 Å². The predicted molar refractivity (Wildman–Crippen MR) is 108 cm³/mol. The molecule has 0 radical (unpaired) electrons. The molecule has 0 atom stereocenters. The fourth-order valence-corrected chi connectivity index (χ4v) is 3.01. The number of hydrogen-bond donors (Lipinski definition) is 3. The number of anilines is 1. The number of pyridine rings is 1. The predicted octanol–water partition coefficient (Wildman–Crippen LogP) is 2.77. The second kappa shape index (κ2) is 7.50. The smallest absolute Gasteiger partial charge is 0.384 e. The molecule has 0 saturated carbocycles. The number of aromatic nitrogens is 3. The molecule has 0 unspecified atom stereocenters. The van der Waals surface area contributed by atoms with Crippen molar-refractivity contribution >= 4 is 16.9 Å². The maximum absolute atomic E-state index is 11.8. The van der Waals surface area contributed by atoms with Crippen LogP contribution in [0.15, 0.2) is 71.7 Å². The van der Waals surface area contributed by atoms with Gasteiger partial charge in [-0.15, -0.1) is 4.73 Å². The molecule has 0 aliphatic heterocycles. The first-order chi connectivity index (χ1) is 13.7. The highest BCUT2D eigenvalue weighted by molar-refractivity contribution is 5.86. The van der Waals surface area contributed by atoms with Crippen LogP contribution < -0.4 is 16.7 Å². The monoisotopic (exact) mass is 373 g/mol. The number of hydrogen-bond acceptors (Lipinski definition) is 6. The van der Waals surface area contributed by atoms with Crippen LogP contribution in [0.4, 0.5) is 5.82 Å². The molecule has 7 nitrogen and oxygen atoms in total. The lowest BCUT2D eigenvalue weighted by Gasteiger charge is -2.10. The zero-order valence-electron chi connectivity index (χ0n) is 15.0. The summed E-state index contributed by atoms with van der Waals surface area (Å²) in [5, 5.41) is 13.5. The first-order valence-corrected chi connectivity index (χ1v) is 8.85. The fraction of sp³-hybridized carbons (Fsp3) is 0.0952. The Labute approximate surface area is 161 Å². The van der Waals surface area contributed by atoms with Gasteiger partial charge in [0.05, 0.1) is 5.39 Å². The van der Waals surface area contributed by atoms with Gasteiger partial charge in [0.1, 0.15) is 5.82 Å². The van der Waals surface area contributed by atoms with Crippen molar-refractivity contribution in [2.45, 2.75) is 13.1 Å². The lowest BCUT2D eigenvalue weighted by molar-refractivity contribution is 0.182. The van der Waals surface area contributed by atoms with E-state index in [1.807, 2.05) is 36.4 Å². The summed E-state index contributed by atoms with van der Waals surface area (Å²) in [6.07, 6.45) is 1.51. The second-order valence-corrected chi connectivity index (χ2v) is 6.38. The third-order valence-corrected chi connectivity index (χ3v) is 4.57. The van der Waals surface area contributed by atoms with E-state index in [1.54, 1.807) is 12.1 Å². The maximum Gasteiger partial charge on any atom is 0.384 e. The highest BCUT2D eigenvalue weighted by Gasteiger charge is 2.10. The van der Waals surface area contributed by atoms with Crippen LogP contribution in [0.25, 0.3) is 22.2 Å². The third-order valence-electron chi connectivity index (χ3n) is 4.57. The third kappa shape index (κ3) is 3.43. The SMILES string of the molecule is NCc1ccc(-c2ccc(CNc3nc(=O)n(O)c4ncccc34)cc2)cc1. The summed E-state index contributed by atoms with van der Waals surface area (Å²) in [7, 11) is 0. The Morgan fingerprint density at radius 1 is 0.964 bits per heavy atom. The fourth-order valence-electron chi connectivity index (χ4n) is 3.01. The topological polar surface area (TPSA) is 106 Å². The summed E-state index contributed by atoms with van der Waals surface area (Å²) in [6, 6.07) is 19.8. The summed E-state index contributed by atoms with van der Waals surface area (Å²) in [5.41, 5.74) is 9.41. The van der Waals surface area contributed by atoms with Gasteiger partial charge >= 0.3 is 5.69 Å². The van der Waals surface area contributed by atoms with Gasteiger partial charge in [0.25, 0.3) is 0 Å². The largest absolute Gasteiger partial charge is 0.422 e. The minimum absolute atomic E-state index is 0.168. The molecule has 4 N–H and O–H groups in total. The number of fused-ring (bicyclic) bond motifs is 1. The summed E-state index contributed by atoms with van der Waals surface area (Å²) in [4.78, 5) is 19.8. The van der Waals surface area contributed by atoms with Crippen LogP contribution in [-0.2, 0) is 13.1 Å². The molecule has 2 aromatic heterocycles. The molecule has 7 heteroatoms. The van der Waals surface area contributed by atoms with Crippen LogP contribution in [0.2, 0.25) is 0 Å². The van der Waals surface area contributed by atoms with Crippen molar-refractivity contribution in [2.75, 3.05) is 5.32 Å². The quantitative estimate of drug-likeness (QED) is 0.465. The van der Waals surface area contributed by atoms with E-state index in [2.05, 4.69) is 27.4 Å². The average Bonchev–Trinajstić information content (AvgIpc) is 2.76. The first kappa shape index (κ1) is 17.7. The van der Waals surface area contributed by atoms with Gasteiger partial charge in [0, 0.05) is 19.3 Å². The number of nitrogens with zero attached hydrogens (tertiary/aromatic N) is 3. The molecule has 0 saturated heterocycles. The van der Waals surface area contributed by atoms with E-state index in [0.29, 0.717) is 29.0 Å². The van der Waals surface area contributed by atoms with Crippen molar-refractivity contribution in [2.24, 2.45) is 5.73 Å². The van der Waals surface area contributed by atoms with Gasteiger partial charge in [0.15, 0.2) is 5.65 Å². The van der Waals surface area contributed by atoms with Gasteiger partial charge in [0.2, 0.25) is 0 Å². The van der Waals surface area contributed by atoms with Crippen molar-refractivity contribution in [3.8, 4) is 11.1 Å². The van der Waals surface area contributed by atoms with Crippen molar-refractivity contribution < 1.29 is 5.21 Å². The molecule has 0 fully saturated rings. The molecular formula is C21H19N5O2. The Hall–Kier alpha value is -3.71. The van der Waals surface area contributed by atoms with E-state index >= 15 is 0 Å². The molecule has 0 spiro atoms. The van der Waals surface area contributed by atoms with Crippen molar-refractivity contribution in [3.63, 3.8) is 0 Å². The maximum atomic E-state index is 11.8. The van der Waals surface area contributed by atoms with Crippen LogP contribution in [0, 0.1) is 0 Å². The average molecular weight is 373 g/mol. The van der Waals surface area contributed by atoms with Crippen molar-refractivity contribution in [3.05, 3.63) is 88.5 Å². The molecule has 4 rings (SSSR count). The van der Waals surface area contributed by atoms with Crippen molar-refractivity contribution in [1.29, 1.82) is 0 Å². The molecule has 2 heterocycles. The Morgan fingerprint density at radius 3 is 2.25 bits per heavy atom. The number of nitrogens with one attached hydrogen (secondary N) is 1. The van der Waals surface area contributed by atoms with E-state index < -0.39 is 5.69 Å². The molecule has 140 valence electrons. The molecular weight excluding hydrogens is 354 g/mol. The number of rotatable bonds is 5. The standard InChI is InChI=1S/C21H19N5O2/c22-12-14-3-7-16(8-4-14)17-9-5-15(6-10-17)13-24-19-18-2-1-11-23-20(18)26(28)21(27)25-19/h1-11,28H,12-13,22H2,(H,24,25,27). The van der Waals surface area contributed by atoms with Gasteiger partial charge in [-0.1, -0.05) is 48.5 Å². The molecule has 0 aliphatic carbocycles. The number of nitrogens with two attached hydrogens (primary N) is 1. The summed E-state index contributed by atoms with van der Waals surface area (Å²) < 4.78 is 0.450. The summed E-state index contributed by atoms with van der Waals surface area (Å²) >= 11 is 0. The van der Waals surface area contributed by atoms with E-state index in [1.165, 1.54) is 6.20 Å². The second-order valence-electron chi connectivity index (χ2n) is 6.38. The van der Waals surface area contributed by atoms with Gasteiger partial charge in [-0.2, -0.15) is 4.98 Å². The lowest BCUT2D eigenvalue weighted by atomic mass is 10.0. The van der Waals surface area contributed by atoms with Gasteiger partial charge in [-0.05, 0) is 34.4 Å². The van der Waals surface area contributed by atoms with Gasteiger partial charge in [-0.25, -0.2) is 9.78 Å². The minimum atomic E-state index is -0.773. The minimum Gasteiger partial charge on any atom is -0.422 e. The number of benzene rings is 2. The Kier molecular flexibility index (Phi) is 4.74. The highest BCUT2D eigenvalue weighted by atomic mass is 16.5. The molecule has 2 aromatic carbocycles. The van der Waals surface area contributed by atoms with Gasteiger partial charge < -0.3 is 16.3 Å². The van der Waals surface area contributed by atoms with E-state index in [4.69, 9.17) is 5.73 Å². The highest BCUT2D eigenvalue weighted by Crippen LogP contribution is 2.21. The van der Waals surface area contributed by atoms with E-state index in [9.17, 15) is 10.0 Å². The Balaban J connectivity index is 1.53.